The van der Waals surface area contributed by atoms with Gasteiger partial charge in [-0.1, -0.05) is 19.9 Å². The number of hydrogen-bond acceptors (Lipinski definition) is 6. The summed E-state index contributed by atoms with van der Waals surface area (Å²) < 4.78 is 16.2. The van der Waals surface area contributed by atoms with Crippen LogP contribution < -0.4 is 20.4 Å². The molecule has 0 radical (unpaired) electrons. The molecule has 0 aliphatic carbocycles. The average molecular weight is 420 g/mol. The number of phenolic OH excluding ortho intramolecular Hbond substituents is 1. The third-order valence-electron chi connectivity index (χ3n) is 4.53. The maximum Gasteiger partial charge on any atom is 0.344 e. The number of hydrogen-bond donors (Lipinski definition) is 2. The Hall–Kier alpha value is -2.70. The smallest absolute Gasteiger partial charge is 0.344 e. The van der Waals surface area contributed by atoms with Crippen molar-refractivity contribution in [1.82, 2.24) is 5.32 Å². The van der Waals surface area contributed by atoms with E-state index in [9.17, 15) is 9.90 Å². The number of halogens is 1. The molecule has 0 unspecified atom stereocenters. The Bertz CT molecular complexity index is 1050. The summed E-state index contributed by atoms with van der Waals surface area (Å²) in [7, 11) is 3.10. The van der Waals surface area contributed by atoms with Crippen molar-refractivity contribution in [3.05, 3.63) is 52.4 Å². The first-order chi connectivity index (χ1) is 13.4. The molecule has 2 aromatic carbocycles. The number of benzene rings is 2. The van der Waals surface area contributed by atoms with E-state index in [-0.39, 0.29) is 18.2 Å². The molecule has 1 heterocycles. The lowest BCUT2D eigenvalue weighted by atomic mass is 10.0. The highest BCUT2D eigenvalue weighted by Gasteiger charge is 2.15. The van der Waals surface area contributed by atoms with E-state index in [1.807, 2.05) is 0 Å². The van der Waals surface area contributed by atoms with Crippen molar-refractivity contribution in [1.29, 1.82) is 0 Å². The highest BCUT2D eigenvalue weighted by Crippen LogP contribution is 2.33. The first-order valence-corrected chi connectivity index (χ1v) is 9.16. The quantitative estimate of drug-likeness (QED) is 0.554. The van der Waals surface area contributed by atoms with Crippen molar-refractivity contribution in [2.24, 2.45) is 5.92 Å². The number of fused-ring (bicyclic) bond motifs is 1. The average Bonchev–Trinajstić information content (AvgIpc) is 2.68. The molecule has 0 fully saturated rings. The molecule has 0 saturated heterocycles. The van der Waals surface area contributed by atoms with Crippen LogP contribution in [0.4, 0.5) is 0 Å². The van der Waals surface area contributed by atoms with Gasteiger partial charge in [0.15, 0.2) is 11.5 Å². The molecule has 29 heavy (non-hydrogen) atoms. The molecule has 2 N–H and O–H groups in total. The fraction of sp³-hybridized carbons (Fsp3) is 0.318. The summed E-state index contributed by atoms with van der Waals surface area (Å²) in [5.41, 5.74) is 1.58. The Morgan fingerprint density at radius 2 is 1.79 bits per heavy atom. The lowest BCUT2D eigenvalue weighted by Gasteiger charge is -2.12. The zero-order chi connectivity index (χ0) is 20.3. The number of nitrogens with one attached hydrogen (secondary N) is 1. The van der Waals surface area contributed by atoms with E-state index < -0.39 is 5.63 Å². The third kappa shape index (κ3) is 4.83. The Morgan fingerprint density at radius 3 is 2.45 bits per heavy atom. The fourth-order valence-corrected chi connectivity index (χ4v) is 3.09. The third-order valence-corrected chi connectivity index (χ3v) is 4.53. The van der Waals surface area contributed by atoms with Crippen molar-refractivity contribution in [3.63, 3.8) is 0 Å². The van der Waals surface area contributed by atoms with Gasteiger partial charge in [-0.2, -0.15) is 0 Å². The Labute approximate surface area is 175 Å². The van der Waals surface area contributed by atoms with Gasteiger partial charge in [-0.3, -0.25) is 0 Å². The van der Waals surface area contributed by atoms with Gasteiger partial charge in [0, 0.05) is 11.9 Å². The molecule has 0 aliphatic rings. The first kappa shape index (κ1) is 22.6. The van der Waals surface area contributed by atoms with E-state index in [4.69, 9.17) is 13.9 Å². The van der Waals surface area contributed by atoms with Gasteiger partial charge >= 0.3 is 5.63 Å². The maximum absolute atomic E-state index is 12.7. The van der Waals surface area contributed by atoms with Crippen molar-refractivity contribution < 1.29 is 19.0 Å². The van der Waals surface area contributed by atoms with Gasteiger partial charge in [0.2, 0.25) is 0 Å². The number of aromatic hydroxyl groups is 1. The standard InChI is InChI=1S/C22H25NO5.ClH/c1-13(2)11-23-12-17-18(24)7-5-15-9-16(22(25)28-21(15)17)14-6-8-19(26-3)20(10-14)27-4;/h5-10,13,23-24H,11-12H2,1-4H3;1H. The number of phenols is 1. The molecule has 1 aromatic heterocycles. The molecule has 3 rings (SSSR count). The van der Waals surface area contributed by atoms with Crippen LogP contribution in [0.3, 0.4) is 0 Å². The zero-order valence-corrected chi connectivity index (χ0v) is 17.8. The summed E-state index contributed by atoms with van der Waals surface area (Å²) in [5, 5.41) is 14.3. The predicted octanol–water partition coefficient (Wildman–Crippen LogP) is 4.35. The summed E-state index contributed by atoms with van der Waals surface area (Å²) in [5.74, 6) is 1.69. The van der Waals surface area contributed by atoms with E-state index in [1.165, 1.54) is 0 Å². The van der Waals surface area contributed by atoms with Gasteiger partial charge < -0.3 is 24.3 Å². The second kappa shape index (κ2) is 9.67. The number of rotatable bonds is 7. The molecule has 7 heteroatoms. The molecule has 156 valence electrons. The van der Waals surface area contributed by atoms with Crippen LogP contribution in [0.15, 0.2) is 45.6 Å². The largest absolute Gasteiger partial charge is 0.507 e. The first-order valence-electron chi connectivity index (χ1n) is 9.16. The molecule has 0 saturated carbocycles. The summed E-state index contributed by atoms with van der Waals surface area (Å²) in [6, 6.07) is 10.4. The lowest BCUT2D eigenvalue weighted by Crippen LogP contribution is -2.19. The highest BCUT2D eigenvalue weighted by molar-refractivity contribution is 5.86. The van der Waals surface area contributed by atoms with Crippen LogP contribution in [0.1, 0.15) is 19.4 Å². The maximum atomic E-state index is 12.7. The van der Waals surface area contributed by atoms with Crippen LogP contribution >= 0.6 is 12.4 Å². The fourth-order valence-electron chi connectivity index (χ4n) is 3.09. The molecular formula is C22H26ClNO5. The molecule has 0 spiro atoms. The Balaban J connectivity index is 0.00000300. The number of methoxy groups -OCH3 is 2. The minimum Gasteiger partial charge on any atom is -0.507 e. The van der Waals surface area contributed by atoms with Gasteiger partial charge in [-0.05, 0) is 48.4 Å². The topological polar surface area (TPSA) is 80.9 Å². The van der Waals surface area contributed by atoms with Crippen molar-refractivity contribution in [3.8, 4) is 28.4 Å². The van der Waals surface area contributed by atoms with Gasteiger partial charge in [0.25, 0.3) is 0 Å². The van der Waals surface area contributed by atoms with Gasteiger partial charge in [-0.25, -0.2) is 4.79 Å². The summed E-state index contributed by atoms with van der Waals surface area (Å²) >= 11 is 0. The molecule has 0 atom stereocenters. The van der Waals surface area contributed by atoms with E-state index in [2.05, 4.69) is 19.2 Å². The summed E-state index contributed by atoms with van der Waals surface area (Å²) in [6.45, 7) is 5.42. The second-order valence-corrected chi connectivity index (χ2v) is 7.02. The Morgan fingerprint density at radius 1 is 1.07 bits per heavy atom. The Kier molecular flexibility index (Phi) is 7.53. The normalized spacial score (nSPS) is 10.8. The van der Waals surface area contributed by atoms with Crippen LogP contribution in [0.25, 0.3) is 22.1 Å². The van der Waals surface area contributed by atoms with Gasteiger partial charge in [0.05, 0.1) is 25.3 Å². The van der Waals surface area contributed by atoms with E-state index in [1.54, 1.807) is 50.6 Å². The minimum atomic E-state index is -0.476. The lowest BCUT2D eigenvalue weighted by molar-refractivity contribution is 0.355. The summed E-state index contributed by atoms with van der Waals surface area (Å²) in [4.78, 5) is 12.7. The van der Waals surface area contributed by atoms with Crippen molar-refractivity contribution in [2.45, 2.75) is 20.4 Å². The monoisotopic (exact) mass is 419 g/mol. The van der Waals surface area contributed by atoms with Crippen LogP contribution in [0.5, 0.6) is 17.2 Å². The van der Waals surface area contributed by atoms with Gasteiger partial charge in [-0.15, -0.1) is 12.4 Å². The van der Waals surface area contributed by atoms with Crippen LogP contribution in [0.2, 0.25) is 0 Å². The SMILES string of the molecule is COc1ccc(-c2cc3ccc(O)c(CNCC(C)C)c3oc2=O)cc1OC.Cl. The van der Waals surface area contributed by atoms with Crippen molar-refractivity contribution >= 4 is 23.4 Å². The molecule has 6 nitrogen and oxygen atoms in total. The molecular weight excluding hydrogens is 394 g/mol. The number of ether oxygens (including phenoxy) is 2. The van der Waals surface area contributed by atoms with E-state index in [0.717, 1.165) is 11.9 Å². The highest BCUT2D eigenvalue weighted by atomic mass is 35.5. The molecule has 3 aromatic rings. The van der Waals surface area contributed by atoms with Crippen LogP contribution in [-0.4, -0.2) is 25.9 Å². The van der Waals surface area contributed by atoms with Crippen molar-refractivity contribution in [2.75, 3.05) is 20.8 Å². The van der Waals surface area contributed by atoms with Crippen LogP contribution in [-0.2, 0) is 6.54 Å². The summed E-state index contributed by atoms with van der Waals surface area (Å²) in [6.07, 6.45) is 0. The van der Waals surface area contributed by atoms with Gasteiger partial charge in [0.1, 0.15) is 11.3 Å². The molecule has 0 aliphatic heterocycles. The predicted molar refractivity (Wildman–Crippen MR) is 116 cm³/mol. The second-order valence-electron chi connectivity index (χ2n) is 7.02. The molecule has 0 bridgehead atoms. The minimum absolute atomic E-state index is 0. The zero-order valence-electron chi connectivity index (χ0n) is 16.9. The molecule has 0 amide bonds. The van der Waals surface area contributed by atoms with Crippen LogP contribution in [0, 0.1) is 5.92 Å². The van der Waals surface area contributed by atoms with E-state index >= 15 is 0 Å². The van der Waals surface area contributed by atoms with E-state index in [0.29, 0.717) is 46.2 Å².